The number of aliphatic hydroxyl groups is 2. The lowest BCUT2D eigenvalue weighted by Gasteiger charge is -2.13. The van der Waals surface area contributed by atoms with E-state index < -0.39 is 17.7 Å². The van der Waals surface area contributed by atoms with Crippen LogP contribution in [-0.4, -0.2) is 29.6 Å². The molecule has 4 heteroatoms. The Morgan fingerprint density at radius 1 is 1.60 bits per heavy atom. The van der Waals surface area contributed by atoms with Crippen molar-refractivity contribution in [3.05, 3.63) is 0 Å². The molecule has 1 fully saturated rings. The Morgan fingerprint density at radius 2 is 2.10 bits per heavy atom. The van der Waals surface area contributed by atoms with Crippen LogP contribution in [0.2, 0.25) is 0 Å². The summed E-state index contributed by atoms with van der Waals surface area (Å²) in [4.78, 5) is 10.8. The first-order valence-electron chi connectivity index (χ1n) is 3.08. The normalized spacial score (nSPS) is 20.8. The summed E-state index contributed by atoms with van der Waals surface area (Å²) in [6.45, 7) is 0. The van der Waals surface area contributed by atoms with E-state index in [4.69, 9.17) is 10.2 Å². The topological polar surface area (TPSA) is 66.8 Å². The molecule has 0 aliphatic heterocycles. The Hall–Kier alpha value is -0.610. The zero-order valence-corrected chi connectivity index (χ0v) is 5.70. The van der Waals surface area contributed by atoms with E-state index >= 15 is 0 Å². The van der Waals surface area contributed by atoms with E-state index in [0.29, 0.717) is 12.8 Å². The zero-order chi connectivity index (χ0) is 7.78. The molecule has 0 radical (unpaired) electrons. The van der Waals surface area contributed by atoms with Crippen LogP contribution in [0.4, 0.5) is 0 Å². The molecule has 1 rings (SSSR count). The highest BCUT2D eigenvalue weighted by Crippen LogP contribution is 2.48. The number of rotatable bonds is 2. The van der Waals surface area contributed by atoms with Gasteiger partial charge in [-0.2, -0.15) is 0 Å². The number of esters is 1. The van der Waals surface area contributed by atoms with Gasteiger partial charge in [0.2, 0.25) is 0 Å². The summed E-state index contributed by atoms with van der Waals surface area (Å²) < 4.78 is 4.38. The van der Waals surface area contributed by atoms with Crippen LogP contribution in [0.25, 0.3) is 0 Å². The number of carbonyl (C=O) groups is 1. The second kappa shape index (κ2) is 2.21. The Bertz CT molecular complexity index is 148. The summed E-state index contributed by atoms with van der Waals surface area (Å²) in [5, 5.41) is 17.4. The molecule has 1 aliphatic carbocycles. The van der Waals surface area contributed by atoms with Gasteiger partial charge in [0.05, 0.1) is 7.11 Å². The second-order valence-corrected chi connectivity index (χ2v) is 2.52. The molecular weight excluding hydrogens is 136 g/mol. The molecule has 0 saturated heterocycles. The lowest BCUT2D eigenvalue weighted by Crippen LogP contribution is -2.30. The van der Waals surface area contributed by atoms with Gasteiger partial charge in [-0.05, 0) is 12.8 Å². The number of aliphatic hydroxyl groups excluding tert-OH is 1. The minimum absolute atomic E-state index is 0.511. The smallest absolute Gasteiger partial charge is 0.316 e. The first-order chi connectivity index (χ1) is 4.63. The lowest BCUT2D eigenvalue weighted by molar-refractivity contribution is -0.166. The largest absolute Gasteiger partial charge is 0.468 e. The van der Waals surface area contributed by atoms with Crippen molar-refractivity contribution < 1.29 is 19.7 Å². The molecule has 58 valence electrons. The van der Waals surface area contributed by atoms with Gasteiger partial charge in [0.1, 0.15) is 5.41 Å². The maximum absolute atomic E-state index is 10.8. The highest BCUT2D eigenvalue weighted by atomic mass is 16.5. The van der Waals surface area contributed by atoms with Crippen molar-refractivity contribution >= 4 is 5.97 Å². The molecule has 0 bridgehead atoms. The Kier molecular flexibility index (Phi) is 1.66. The third-order valence-corrected chi connectivity index (χ3v) is 1.87. The van der Waals surface area contributed by atoms with Gasteiger partial charge in [0.25, 0.3) is 0 Å². The molecular formula is C6H10O4. The standard InChI is InChI=1S/C6H10O4/c1-10-5(9)6(2-3-6)4(7)8/h4,7-8H,2-3H2,1H3. The number of methoxy groups -OCH3 is 1. The third kappa shape index (κ3) is 0.892. The molecule has 0 atom stereocenters. The summed E-state index contributed by atoms with van der Waals surface area (Å²) in [6.07, 6.45) is -0.547. The van der Waals surface area contributed by atoms with Crippen LogP contribution in [0.3, 0.4) is 0 Å². The zero-order valence-electron chi connectivity index (χ0n) is 5.70. The summed E-state index contributed by atoms with van der Waals surface area (Å²) in [5.41, 5.74) is -0.991. The van der Waals surface area contributed by atoms with Crippen molar-refractivity contribution in [2.45, 2.75) is 19.1 Å². The van der Waals surface area contributed by atoms with Crippen molar-refractivity contribution in [1.29, 1.82) is 0 Å². The molecule has 0 aromatic rings. The van der Waals surface area contributed by atoms with Crippen LogP contribution in [0.1, 0.15) is 12.8 Å². The maximum atomic E-state index is 10.8. The van der Waals surface area contributed by atoms with Gasteiger partial charge in [-0.3, -0.25) is 4.79 Å². The van der Waals surface area contributed by atoms with Crippen molar-refractivity contribution in [2.75, 3.05) is 7.11 Å². The van der Waals surface area contributed by atoms with Crippen LogP contribution in [-0.2, 0) is 9.53 Å². The first-order valence-corrected chi connectivity index (χ1v) is 3.08. The number of ether oxygens (including phenoxy) is 1. The van der Waals surface area contributed by atoms with Gasteiger partial charge in [0.15, 0.2) is 6.29 Å². The fourth-order valence-electron chi connectivity index (χ4n) is 0.906. The fraction of sp³-hybridized carbons (Fsp3) is 0.833. The van der Waals surface area contributed by atoms with Gasteiger partial charge < -0.3 is 14.9 Å². The van der Waals surface area contributed by atoms with Crippen molar-refractivity contribution in [2.24, 2.45) is 5.41 Å². The summed E-state index contributed by atoms with van der Waals surface area (Å²) in [5.74, 6) is -0.525. The Balaban J connectivity index is 2.60. The second-order valence-electron chi connectivity index (χ2n) is 2.52. The third-order valence-electron chi connectivity index (χ3n) is 1.87. The molecule has 0 spiro atoms. The predicted molar refractivity (Wildman–Crippen MR) is 31.9 cm³/mol. The molecule has 0 amide bonds. The van der Waals surface area contributed by atoms with Crippen LogP contribution in [0, 0.1) is 5.41 Å². The van der Waals surface area contributed by atoms with E-state index in [2.05, 4.69) is 4.74 Å². The van der Waals surface area contributed by atoms with Gasteiger partial charge in [-0.1, -0.05) is 0 Å². The van der Waals surface area contributed by atoms with E-state index in [-0.39, 0.29) is 0 Å². The van der Waals surface area contributed by atoms with Gasteiger partial charge in [0, 0.05) is 0 Å². The molecule has 1 saturated carbocycles. The molecule has 0 heterocycles. The minimum Gasteiger partial charge on any atom is -0.468 e. The van der Waals surface area contributed by atoms with Crippen molar-refractivity contribution in [1.82, 2.24) is 0 Å². The van der Waals surface area contributed by atoms with Crippen LogP contribution < -0.4 is 0 Å². The molecule has 0 aromatic carbocycles. The van der Waals surface area contributed by atoms with E-state index in [1.54, 1.807) is 0 Å². The molecule has 1 aliphatic rings. The van der Waals surface area contributed by atoms with E-state index in [9.17, 15) is 4.79 Å². The predicted octanol–water partition coefficient (Wildman–Crippen LogP) is -0.750. The van der Waals surface area contributed by atoms with Gasteiger partial charge in [-0.25, -0.2) is 0 Å². The molecule has 0 aromatic heterocycles. The Labute approximate surface area is 58.4 Å². The van der Waals surface area contributed by atoms with Crippen LogP contribution in [0.15, 0.2) is 0 Å². The average molecular weight is 146 g/mol. The molecule has 10 heavy (non-hydrogen) atoms. The summed E-state index contributed by atoms with van der Waals surface area (Å²) >= 11 is 0. The SMILES string of the molecule is COC(=O)C1(C(O)O)CC1. The summed E-state index contributed by atoms with van der Waals surface area (Å²) in [6, 6.07) is 0. The van der Waals surface area contributed by atoms with E-state index in [0.717, 1.165) is 0 Å². The first kappa shape index (κ1) is 7.50. The van der Waals surface area contributed by atoms with E-state index in [1.807, 2.05) is 0 Å². The lowest BCUT2D eigenvalue weighted by atomic mass is 10.1. The fourth-order valence-corrected chi connectivity index (χ4v) is 0.906. The molecule has 2 N–H and O–H groups in total. The highest BCUT2D eigenvalue weighted by molar-refractivity contribution is 5.80. The van der Waals surface area contributed by atoms with Gasteiger partial charge >= 0.3 is 5.97 Å². The summed E-state index contributed by atoms with van der Waals surface area (Å²) in [7, 11) is 1.24. The number of hydrogen-bond acceptors (Lipinski definition) is 4. The van der Waals surface area contributed by atoms with E-state index in [1.165, 1.54) is 7.11 Å². The molecule has 4 nitrogen and oxygen atoms in total. The van der Waals surface area contributed by atoms with Crippen molar-refractivity contribution in [3.63, 3.8) is 0 Å². The number of hydrogen-bond donors (Lipinski definition) is 2. The quantitative estimate of drug-likeness (QED) is 0.397. The minimum atomic E-state index is -1.57. The monoisotopic (exact) mass is 146 g/mol. The molecule has 0 unspecified atom stereocenters. The van der Waals surface area contributed by atoms with Crippen LogP contribution in [0.5, 0.6) is 0 Å². The number of carbonyl (C=O) groups excluding carboxylic acids is 1. The van der Waals surface area contributed by atoms with Gasteiger partial charge in [-0.15, -0.1) is 0 Å². The van der Waals surface area contributed by atoms with Crippen LogP contribution >= 0.6 is 0 Å². The maximum Gasteiger partial charge on any atom is 0.316 e. The average Bonchev–Trinajstić information content (AvgIpc) is 2.65. The Morgan fingerprint density at radius 3 is 2.20 bits per heavy atom. The highest BCUT2D eigenvalue weighted by Gasteiger charge is 2.56. The van der Waals surface area contributed by atoms with Crippen molar-refractivity contribution in [3.8, 4) is 0 Å².